The standard InChI is InChI=1S/C20H19F5N2O2/c1-18(2)14(11-26-3)17(27-9-5-4-6-16(27)28)13-10-12(7-8-15(13)29-18)19(21,22)20(23,24)25/h4-10,26H,11H2,1-3H3. The molecule has 0 unspecified atom stereocenters. The van der Waals surface area contributed by atoms with Crippen molar-refractivity contribution in [3.8, 4) is 5.75 Å². The van der Waals surface area contributed by atoms with Gasteiger partial charge in [-0.1, -0.05) is 6.07 Å². The lowest BCUT2D eigenvalue weighted by atomic mass is 9.88. The molecule has 3 rings (SSSR count). The van der Waals surface area contributed by atoms with Gasteiger partial charge in [-0.25, -0.2) is 0 Å². The Bertz CT molecular complexity index is 1020. The first-order valence-corrected chi connectivity index (χ1v) is 8.75. The van der Waals surface area contributed by atoms with Gasteiger partial charge >= 0.3 is 12.1 Å². The number of likely N-dealkylation sites (N-methyl/N-ethyl adjacent to an activating group) is 1. The largest absolute Gasteiger partial charge is 0.483 e. The van der Waals surface area contributed by atoms with Crippen molar-refractivity contribution >= 4 is 5.70 Å². The molecule has 0 spiro atoms. The molecule has 1 aromatic carbocycles. The molecule has 0 amide bonds. The van der Waals surface area contributed by atoms with Gasteiger partial charge in [-0.05, 0) is 45.2 Å². The van der Waals surface area contributed by atoms with Crippen LogP contribution in [0.15, 0.2) is 53.0 Å². The molecule has 0 saturated heterocycles. The van der Waals surface area contributed by atoms with Gasteiger partial charge in [-0.15, -0.1) is 0 Å². The van der Waals surface area contributed by atoms with Crippen LogP contribution >= 0.6 is 0 Å². The van der Waals surface area contributed by atoms with Crippen LogP contribution in [0.1, 0.15) is 25.0 Å². The highest BCUT2D eigenvalue weighted by atomic mass is 19.4. The van der Waals surface area contributed by atoms with E-state index in [0.29, 0.717) is 11.6 Å². The first-order valence-electron chi connectivity index (χ1n) is 8.75. The van der Waals surface area contributed by atoms with E-state index in [1.807, 2.05) is 0 Å². The van der Waals surface area contributed by atoms with Gasteiger partial charge in [-0.3, -0.25) is 9.36 Å². The number of benzene rings is 1. The van der Waals surface area contributed by atoms with Crippen molar-refractivity contribution in [1.29, 1.82) is 0 Å². The van der Waals surface area contributed by atoms with E-state index in [1.54, 1.807) is 27.0 Å². The van der Waals surface area contributed by atoms with Crippen LogP contribution in [0, 0.1) is 0 Å². The predicted octanol–water partition coefficient (Wildman–Crippen LogP) is 4.15. The summed E-state index contributed by atoms with van der Waals surface area (Å²) in [5.41, 5.74) is -1.87. The van der Waals surface area contributed by atoms with E-state index in [0.717, 1.165) is 12.1 Å². The fourth-order valence-electron chi connectivity index (χ4n) is 3.31. The summed E-state index contributed by atoms with van der Waals surface area (Å²) in [6.07, 6.45) is -4.32. The maximum Gasteiger partial charge on any atom is 0.458 e. The molecule has 1 aliphatic rings. The van der Waals surface area contributed by atoms with Crippen LogP contribution in [0.3, 0.4) is 0 Å². The third-order valence-electron chi connectivity index (χ3n) is 4.75. The van der Waals surface area contributed by atoms with Crippen molar-refractivity contribution in [3.05, 3.63) is 69.6 Å². The number of hydrogen-bond acceptors (Lipinski definition) is 3. The van der Waals surface area contributed by atoms with Gasteiger partial charge in [0.05, 0.1) is 5.70 Å². The quantitative estimate of drug-likeness (QED) is 0.765. The average Bonchev–Trinajstić information content (AvgIpc) is 2.61. The van der Waals surface area contributed by atoms with Crippen molar-refractivity contribution in [3.63, 3.8) is 0 Å². The molecule has 0 radical (unpaired) electrons. The number of rotatable bonds is 4. The summed E-state index contributed by atoms with van der Waals surface area (Å²) in [4.78, 5) is 12.5. The highest BCUT2D eigenvalue weighted by Gasteiger charge is 2.59. The lowest BCUT2D eigenvalue weighted by Gasteiger charge is -2.38. The first-order chi connectivity index (χ1) is 13.4. The Morgan fingerprint density at radius 1 is 1.10 bits per heavy atom. The molecule has 1 aliphatic heterocycles. The van der Waals surface area contributed by atoms with Crippen LogP contribution < -0.4 is 15.6 Å². The van der Waals surface area contributed by atoms with Gasteiger partial charge in [0.1, 0.15) is 11.4 Å². The van der Waals surface area contributed by atoms with Gasteiger partial charge in [-0.2, -0.15) is 22.0 Å². The number of pyridine rings is 1. The van der Waals surface area contributed by atoms with E-state index in [4.69, 9.17) is 4.74 Å². The van der Waals surface area contributed by atoms with Crippen LogP contribution in [0.4, 0.5) is 22.0 Å². The molecule has 0 bridgehead atoms. The number of alkyl halides is 5. The van der Waals surface area contributed by atoms with Crippen LogP contribution in [0.25, 0.3) is 5.70 Å². The van der Waals surface area contributed by atoms with E-state index in [2.05, 4.69) is 5.32 Å². The van der Waals surface area contributed by atoms with Crippen LogP contribution in [-0.4, -0.2) is 29.9 Å². The maximum atomic E-state index is 14.0. The molecule has 4 nitrogen and oxygen atoms in total. The Hall–Kier alpha value is -2.68. The highest BCUT2D eigenvalue weighted by Crippen LogP contribution is 2.47. The van der Waals surface area contributed by atoms with E-state index in [9.17, 15) is 26.7 Å². The Morgan fingerprint density at radius 2 is 1.79 bits per heavy atom. The van der Waals surface area contributed by atoms with Crippen molar-refractivity contribution < 1.29 is 26.7 Å². The minimum atomic E-state index is -5.75. The van der Waals surface area contributed by atoms with Crippen LogP contribution in [0.5, 0.6) is 5.75 Å². The molecule has 0 atom stereocenters. The van der Waals surface area contributed by atoms with Crippen molar-refractivity contribution in [2.24, 2.45) is 0 Å². The molecule has 9 heteroatoms. The normalized spacial score (nSPS) is 16.4. The molecule has 2 aromatic rings. The molecule has 1 N–H and O–H groups in total. The number of ether oxygens (including phenoxy) is 1. The minimum Gasteiger partial charge on any atom is -0.483 e. The van der Waals surface area contributed by atoms with E-state index in [1.165, 1.54) is 22.9 Å². The number of nitrogens with one attached hydrogen (secondary N) is 1. The van der Waals surface area contributed by atoms with E-state index >= 15 is 0 Å². The van der Waals surface area contributed by atoms with Crippen LogP contribution in [-0.2, 0) is 5.92 Å². The molecule has 1 aromatic heterocycles. The predicted molar refractivity (Wildman–Crippen MR) is 98.0 cm³/mol. The summed E-state index contributed by atoms with van der Waals surface area (Å²) in [5, 5.41) is 2.93. The summed E-state index contributed by atoms with van der Waals surface area (Å²) >= 11 is 0. The summed E-state index contributed by atoms with van der Waals surface area (Å²) in [6, 6.07) is 6.87. The smallest absolute Gasteiger partial charge is 0.458 e. The topological polar surface area (TPSA) is 43.3 Å². The molecule has 2 heterocycles. The zero-order valence-electron chi connectivity index (χ0n) is 15.9. The zero-order valence-corrected chi connectivity index (χ0v) is 15.9. The lowest BCUT2D eigenvalue weighted by Crippen LogP contribution is -2.41. The maximum absolute atomic E-state index is 14.0. The SMILES string of the molecule is CNCC1=C(n2ccccc2=O)c2cc(C(F)(F)C(F)(F)F)ccc2OC1(C)C. The lowest BCUT2D eigenvalue weighted by molar-refractivity contribution is -0.289. The second-order valence-electron chi connectivity index (χ2n) is 7.16. The zero-order chi connectivity index (χ0) is 21.6. The number of hydrogen-bond donors (Lipinski definition) is 1. The highest BCUT2D eigenvalue weighted by molar-refractivity contribution is 5.77. The third kappa shape index (κ3) is 3.55. The third-order valence-corrected chi connectivity index (χ3v) is 4.75. The molecule has 156 valence electrons. The second kappa shape index (κ2) is 6.98. The van der Waals surface area contributed by atoms with E-state index in [-0.39, 0.29) is 23.6 Å². The number of nitrogens with zero attached hydrogens (tertiary/aromatic N) is 1. The molecular weight excluding hydrogens is 395 g/mol. The first kappa shape index (κ1) is 21.0. The minimum absolute atomic E-state index is 0.00991. The fraction of sp³-hybridized carbons (Fsp3) is 0.350. The molecular formula is C20H19F5N2O2. The van der Waals surface area contributed by atoms with Gasteiger partial charge < -0.3 is 10.1 Å². The van der Waals surface area contributed by atoms with E-state index < -0.39 is 28.8 Å². The monoisotopic (exact) mass is 414 g/mol. The summed E-state index contributed by atoms with van der Waals surface area (Å²) in [6.45, 7) is 3.69. The Kier molecular flexibility index (Phi) is 5.06. The van der Waals surface area contributed by atoms with Crippen molar-refractivity contribution in [2.45, 2.75) is 31.5 Å². The molecule has 0 fully saturated rings. The van der Waals surface area contributed by atoms with Gasteiger partial charge in [0.25, 0.3) is 5.56 Å². The molecule has 0 aliphatic carbocycles. The Morgan fingerprint density at radius 3 is 2.38 bits per heavy atom. The fourth-order valence-corrected chi connectivity index (χ4v) is 3.31. The van der Waals surface area contributed by atoms with Crippen molar-refractivity contribution in [1.82, 2.24) is 9.88 Å². The van der Waals surface area contributed by atoms with Crippen LogP contribution in [0.2, 0.25) is 0 Å². The molecule has 29 heavy (non-hydrogen) atoms. The van der Waals surface area contributed by atoms with Gasteiger partial charge in [0, 0.05) is 35.5 Å². The molecule has 0 saturated carbocycles. The number of halogens is 5. The summed E-state index contributed by atoms with van der Waals surface area (Å²) in [5.74, 6) is -4.94. The van der Waals surface area contributed by atoms with Gasteiger partial charge in [0.2, 0.25) is 0 Å². The number of fused-ring (bicyclic) bond motifs is 1. The van der Waals surface area contributed by atoms with Crippen molar-refractivity contribution in [2.75, 3.05) is 13.6 Å². The number of aromatic nitrogens is 1. The van der Waals surface area contributed by atoms with Gasteiger partial charge in [0.15, 0.2) is 0 Å². The second-order valence-corrected chi connectivity index (χ2v) is 7.16. The summed E-state index contributed by atoms with van der Waals surface area (Å²) < 4.78 is 73.8. The summed E-state index contributed by atoms with van der Waals surface area (Å²) in [7, 11) is 1.65. The Labute approximate surface area is 163 Å². The Balaban J connectivity index is 2.35. The average molecular weight is 414 g/mol.